The first-order valence-electron chi connectivity index (χ1n) is 9.33. The molecule has 3 rings (SSSR count). The van der Waals surface area contributed by atoms with Crippen LogP contribution in [0.15, 0.2) is 35.9 Å². The molecule has 0 unspecified atom stereocenters. The number of carboxylic acid groups (broad SMARTS) is 1. The number of aliphatic carboxylic acids is 1. The number of carboxylic acids is 1. The maximum absolute atomic E-state index is 12.6. The molecule has 1 spiro atoms. The second-order valence-electron chi connectivity index (χ2n) is 6.90. The summed E-state index contributed by atoms with van der Waals surface area (Å²) >= 11 is 0. The van der Waals surface area contributed by atoms with Crippen LogP contribution in [0.5, 0.6) is 0 Å². The molecule has 1 fully saturated rings. The summed E-state index contributed by atoms with van der Waals surface area (Å²) in [5, 5.41) is 13.9. The van der Waals surface area contributed by atoms with Gasteiger partial charge in [-0.2, -0.15) is 13.2 Å². The summed E-state index contributed by atoms with van der Waals surface area (Å²) in [4.78, 5) is 21.5. The molecule has 0 saturated heterocycles. The van der Waals surface area contributed by atoms with Crippen LogP contribution in [0.3, 0.4) is 0 Å². The lowest BCUT2D eigenvalue weighted by atomic mass is 9.76. The van der Waals surface area contributed by atoms with Gasteiger partial charge < -0.3 is 15.7 Å². The molecule has 2 aliphatic rings. The van der Waals surface area contributed by atoms with Crippen LogP contribution in [0, 0.1) is 0 Å². The van der Waals surface area contributed by atoms with E-state index in [0.29, 0.717) is 0 Å². The quantitative estimate of drug-likeness (QED) is 0.725. The Kier molecular flexibility index (Phi) is 7.23. The number of halogens is 3. The third-order valence-electron chi connectivity index (χ3n) is 5.02. The summed E-state index contributed by atoms with van der Waals surface area (Å²) in [6.45, 7) is 3.84. The molecule has 1 saturated carbocycles. The van der Waals surface area contributed by atoms with Gasteiger partial charge in [0.1, 0.15) is 0 Å². The van der Waals surface area contributed by atoms with Crippen LogP contribution in [-0.4, -0.2) is 41.8 Å². The normalized spacial score (nSPS) is 18.5. The number of carbonyl (C=O) groups is 2. The second-order valence-corrected chi connectivity index (χ2v) is 6.90. The van der Waals surface area contributed by atoms with Crippen LogP contribution in [0.25, 0.3) is 5.57 Å². The molecule has 0 bridgehead atoms. The highest BCUT2D eigenvalue weighted by atomic mass is 19.4. The summed E-state index contributed by atoms with van der Waals surface area (Å²) in [6, 6.07) is 10.1. The minimum Gasteiger partial charge on any atom is -0.475 e. The molecule has 5 nitrogen and oxygen atoms in total. The van der Waals surface area contributed by atoms with Crippen molar-refractivity contribution in [3.8, 4) is 0 Å². The van der Waals surface area contributed by atoms with E-state index in [1.165, 1.54) is 24.8 Å². The Bertz CT molecular complexity index is 724. The number of alkyl halides is 3. The van der Waals surface area contributed by atoms with Gasteiger partial charge in [0.2, 0.25) is 0 Å². The van der Waals surface area contributed by atoms with Crippen molar-refractivity contribution < 1.29 is 27.9 Å². The van der Waals surface area contributed by atoms with Crippen LogP contribution in [0.2, 0.25) is 0 Å². The minimum absolute atomic E-state index is 0.0946. The molecule has 0 atom stereocenters. The first-order valence-corrected chi connectivity index (χ1v) is 9.33. The van der Waals surface area contributed by atoms with Crippen molar-refractivity contribution in [3.05, 3.63) is 41.5 Å². The number of rotatable bonds is 4. The molecule has 0 radical (unpaired) electrons. The van der Waals surface area contributed by atoms with E-state index in [2.05, 4.69) is 17.6 Å². The van der Waals surface area contributed by atoms with Crippen molar-refractivity contribution in [2.45, 2.75) is 50.7 Å². The van der Waals surface area contributed by atoms with Gasteiger partial charge in [0, 0.05) is 12.1 Å². The van der Waals surface area contributed by atoms with Crippen LogP contribution >= 0.6 is 0 Å². The fourth-order valence-corrected chi connectivity index (χ4v) is 3.73. The number of hydrogen-bond acceptors (Lipinski definition) is 3. The monoisotopic (exact) mass is 398 g/mol. The van der Waals surface area contributed by atoms with Gasteiger partial charge in [0.05, 0.1) is 5.54 Å². The first kappa shape index (κ1) is 21.9. The van der Waals surface area contributed by atoms with E-state index in [1.807, 2.05) is 30.3 Å². The fraction of sp³-hybridized carbons (Fsp3) is 0.500. The van der Waals surface area contributed by atoms with Gasteiger partial charge in [-0.25, -0.2) is 4.79 Å². The average molecular weight is 398 g/mol. The highest BCUT2D eigenvalue weighted by Crippen LogP contribution is 2.42. The van der Waals surface area contributed by atoms with Gasteiger partial charge in [-0.1, -0.05) is 56.5 Å². The molecular formula is C20H25F3N2O3. The maximum atomic E-state index is 12.6. The first-order chi connectivity index (χ1) is 13.2. The van der Waals surface area contributed by atoms with Crippen molar-refractivity contribution in [3.63, 3.8) is 0 Å². The molecule has 1 aromatic carbocycles. The number of benzene rings is 1. The summed E-state index contributed by atoms with van der Waals surface area (Å²) < 4.78 is 31.7. The summed E-state index contributed by atoms with van der Waals surface area (Å²) in [6.07, 6.45) is 0.772. The Morgan fingerprint density at radius 3 is 2.25 bits per heavy atom. The lowest BCUT2D eigenvalue weighted by Gasteiger charge is -2.36. The Balaban J connectivity index is 0.000000345. The molecule has 1 aromatic rings. The third kappa shape index (κ3) is 5.13. The lowest BCUT2D eigenvalue weighted by molar-refractivity contribution is -0.192. The lowest BCUT2D eigenvalue weighted by Crippen LogP contribution is -2.47. The summed E-state index contributed by atoms with van der Waals surface area (Å²) in [7, 11) is 0. The van der Waals surface area contributed by atoms with Gasteiger partial charge in [-0.3, -0.25) is 4.79 Å². The van der Waals surface area contributed by atoms with Crippen molar-refractivity contribution in [1.82, 2.24) is 10.6 Å². The molecule has 0 aromatic heterocycles. The van der Waals surface area contributed by atoms with Crippen LogP contribution in [0.4, 0.5) is 13.2 Å². The predicted octanol–water partition coefficient (Wildman–Crippen LogP) is 3.52. The highest BCUT2D eigenvalue weighted by Gasteiger charge is 2.45. The van der Waals surface area contributed by atoms with E-state index in [1.54, 1.807) is 0 Å². The van der Waals surface area contributed by atoms with E-state index in [0.717, 1.165) is 37.1 Å². The molecule has 1 aliphatic carbocycles. The number of carbonyl (C=O) groups excluding carboxylic acids is 1. The third-order valence-corrected chi connectivity index (χ3v) is 5.02. The molecular weight excluding hydrogens is 373 g/mol. The minimum atomic E-state index is -5.08. The number of amides is 1. The Morgan fingerprint density at radius 2 is 1.75 bits per heavy atom. The zero-order chi connectivity index (χ0) is 20.8. The van der Waals surface area contributed by atoms with Gasteiger partial charge in [0.15, 0.2) is 0 Å². The van der Waals surface area contributed by atoms with Crippen molar-refractivity contribution in [2.24, 2.45) is 0 Å². The summed E-state index contributed by atoms with van der Waals surface area (Å²) in [5.74, 6) is -2.65. The average Bonchev–Trinajstić information content (AvgIpc) is 2.91. The van der Waals surface area contributed by atoms with E-state index in [-0.39, 0.29) is 11.4 Å². The zero-order valence-electron chi connectivity index (χ0n) is 15.7. The van der Waals surface area contributed by atoms with Gasteiger partial charge in [-0.15, -0.1) is 0 Å². The van der Waals surface area contributed by atoms with Crippen molar-refractivity contribution in [1.29, 1.82) is 0 Å². The molecule has 154 valence electrons. The standard InChI is InChI=1S/C18H24N2O.C2HF3O2/c1-2-19-13-15-16(14-9-5-3-6-10-14)17(21)20-18(15)11-7-4-8-12-18;3-2(4,5)1(6)7/h3,5-6,9-10,19H,2,4,7-8,11-13H2,1H3,(H,20,21);(H,6,7). The van der Waals surface area contributed by atoms with Gasteiger partial charge in [-0.05, 0) is 30.5 Å². The zero-order valence-corrected chi connectivity index (χ0v) is 15.7. The topological polar surface area (TPSA) is 78.4 Å². The largest absolute Gasteiger partial charge is 0.490 e. The predicted molar refractivity (Wildman–Crippen MR) is 99.6 cm³/mol. The Morgan fingerprint density at radius 1 is 1.18 bits per heavy atom. The fourth-order valence-electron chi connectivity index (χ4n) is 3.73. The van der Waals surface area contributed by atoms with Gasteiger partial charge in [0.25, 0.3) is 5.91 Å². The summed E-state index contributed by atoms with van der Waals surface area (Å²) in [5.41, 5.74) is 3.13. The second kappa shape index (κ2) is 9.23. The number of nitrogens with one attached hydrogen (secondary N) is 2. The molecule has 8 heteroatoms. The van der Waals surface area contributed by atoms with E-state index < -0.39 is 12.1 Å². The van der Waals surface area contributed by atoms with Crippen LogP contribution in [-0.2, 0) is 9.59 Å². The van der Waals surface area contributed by atoms with Crippen molar-refractivity contribution >= 4 is 17.4 Å². The molecule has 1 heterocycles. The molecule has 3 N–H and O–H groups in total. The Hall–Kier alpha value is -2.35. The van der Waals surface area contributed by atoms with Crippen LogP contribution in [0.1, 0.15) is 44.6 Å². The van der Waals surface area contributed by atoms with Crippen molar-refractivity contribution in [2.75, 3.05) is 13.1 Å². The van der Waals surface area contributed by atoms with E-state index >= 15 is 0 Å². The van der Waals surface area contributed by atoms with E-state index in [9.17, 15) is 18.0 Å². The smallest absolute Gasteiger partial charge is 0.475 e. The van der Waals surface area contributed by atoms with Gasteiger partial charge >= 0.3 is 12.1 Å². The maximum Gasteiger partial charge on any atom is 0.490 e. The number of hydrogen-bond donors (Lipinski definition) is 3. The SMILES string of the molecule is CCNCC1=C(c2ccccc2)C(=O)NC12CCCCC2.O=C(O)C(F)(F)F. The molecule has 1 aliphatic heterocycles. The molecule has 28 heavy (non-hydrogen) atoms. The number of likely N-dealkylation sites (N-methyl/N-ethyl adjacent to an activating group) is 1. The molecule has 1 amide bonds. The highest BCUT2D eigenvalue weighted by molar-refractivity contribution is 6.23. The van der Waals surface area contributed by atoms with E-state index in [4.69, 9.17) is 9.90 Å². The Labute approximate surface area is 162 Å². The van der Waals surface area contributed by atoms with Crippen LogP contribution < -0.4 is 10.6 Å².